The molecule has 1 unspecified atom stereocenters. The molecule has 17 heavy (non-hydrogen) atoms. The quantitative estimate of drug-likeness (QED) is 0.758. The van der Waals surface area contributed by atoms with E-state index >= 15 is 0 Å². The van der Waals surface area contributed by atoms with Crippen molar-refractivity contribution in [2.24, 2.45) is 0 Å². The summed E-state index contributed by atoms with van der Waals surface area (Å²) in [5.74, 6) is -0.125. The van der Waals surface area contributed by atoms with E-state index in [1.54, 1.807) is 6.07 Å². The van der Waals surface area contributed by atoms with E-state index < -0.39 is 0 Å². The molecule has 0 saturated carbocycles. The van der Waals surface area contributed by atoms with Gasteiger partial charge in [-0.1, -0.05) is 28.1 Å². The minimum absolute atomic E-state index is 0.125. The molecule has 0 radical (unpaired) electrons. The molecule has 1 aromatic carbocycles. The Bertz CT molecular complexity index is 417. The number of likely N-dealkylation sites (N-methyl/N-ethyl adjacent to an activating group) is 1. The van der Waals surface area contributed by atoms with Gasteiger partial charge >= 0.3 is 0 Å². The molecule has 0 heterocycles. The molecule has 0 aliphatic heterocycles. The monoisotopic (exact) mass is 297 g/mol. The van der Waals surface area contributed by atoms with E-state index in [9.17, 15) is 4.39 Å². The van der Waals surface area contributed by atoms with Crippen molar-refractivity contribution in [3.63, 3.8) is 0 Å². The van der Waals surface area contributed by atoms with Crippen LogP contribution < -0.4 is 0 Å². The van der Waals surface area contributed by atoms with E-state index in [4.69, 9.17) is 0 Å². The van der Waals surface area contributed by atoms with Crippen molar-refractivity contribution in [1.29, 1.82) is 0 Å². The first-order valence-electron chi connectivity index (χ1n) is 5.97. The van der Waals surface area contributed by atoms with Gasteiger partial charge in [-0.3, -0.25) is 4.90 Å². The van der Waals surface area contributed by atoms with Gasteiger partial charge in [0.25, 0.3) is 0 Å². The minimum Gasteiger partial charge on any atom is -0.296 e. The molecule has 0 N–H and O–H groups in total. The summed E-state index contributed by atoms with van der Waals surface area (Å²) in [4.78, 5) is 2.21. The number of nitrogens with zero attached hydrogens (tertiary/aromatic N) is 1. The summed E-state index contributed by atoms with van der Waals surface area (Å²) >= 11 is 3.38. The molecule has 1 nitrogen and oxygen atoms in total. The van der Waals surface area contributed by atoms with Crippen LogP contribution in [-0.4, -0.2) is 18.0 Å². The van der Waals surface area contributed by atoms with Gasteiger partial charge in [0.05, 0.1) is 0 Å². The molecule has 0 aromatic heterocycles. The average molecular weight is 298 g/mol. The summed E-state index contributed by atoms with van der Waals surface area (Å²) in [6.07, 6.45) is 8.03. The molecule has 1 atom stereocenters. The van der Waals surface area contributed by atoms with Crippen molar-refractivity contribution in [1.82, 2.24) is 4.90 Å². The lowest BCUT2D eigenvalue weighted by atomic mass is 10.0. The van der Waals surface area contributed by atoms with Crippen LogP contribution in [0.25, 0.3) is 0 Å². The standard InChI is InChI=1S/C14H17BrFN/c1-17(13-5-3-2-4-6-13)10-11-9-12(15)7-8-14(11)16/h3,5,7-9,13H,2,4,6,10H2,1H3. The van der Waals surface area contributed by atoms with Crippen molar-refractivity contribution in [2.45, 2.75) is 31.8 Å². The molecule has 0 spiro atoms. The SMILES string of the molecule is CN(Cc1cc(Br)ccc1F)C1C=CCCC1. The lowest BCUT2D eigenvalue weighted by Crippen LogP contribution is -2.30. The van der Waals surface area contributed by atoms with Gasteiger partial charge in [-0.2, -0.15) is 0 Å². The van der Waals surface area contributed by atoms with E-state index in [0.29, 0.717) is 12.6 Å². The number of hydrogen-bond donors (Lipinski definition) is 0. The van der Waals surface area contributed by atoms with Gasteiger partial charge in [-0.05, 0) is 44.5 Å². The Labute approximate surface area is 110 Å². The first-order chi connectivity index (χ1) is 8.16. The van der Waals surface area contributed by atoms with Crippen LogP contribution in [0.5, 0.6) is 0 Å². The van der Waals surface area contributed by atoms with E-state index in [1.165, 1.54) is 25.3 Å². The number of allylic oxidation sites excluding steroid dienone is 1. The lowest BCUT2D eigenvalue weighted by Gasteiger charge is -2.27. The molecule has 0 amide bonds. The fourth-order valence-electron chi connectivity index (χ4n) is 2.21. The Morgan fingerprint density at radius 2 is 2.29 bits per heavy atom. The largest absolute Gasteiger partial charge is 0.296 e. The summed E-state index contributed by atoms with van der Waals surface area (Å²) in [7, 11) is 2.06. The highest BCUT2D eigenvalue weighted by atomic mass is 79.9. The van der Waals surface area contributed by atoms with Gasteiger partial charge in [0.2, 0.25) is 0 Å². The zero-order chi connectivity index (χ0) is 12.3. The van der Waals surface area contributed by atoms with Crippen molar-refractivity contribution in [3.05, 3.63) is 46.2 Å². The second-order valence-corrected chi connectivity index (χ2v) is 5.49. The molecule has 1 aliphatic rings. The van der Waals surface area contributed by atoms with Crippen LogP contribution in [0.2, 0.25) is 0 Å². The van der Waals surface area contributed by atoms with Crippen LogP contribution in [0.3, 0.4) is 0 Å². The van der Waals surface area contributed by atoms with Crippen LogP contribution in [0.4, 0.5) is 4.39 Å². The molecular formula is C14H17BrFN. The van der Waals surface area contributed by atoms with Crippen LogP contribution >= 0.6 is 15.9 Å². The molecule has 2 rings (SSSR count). The lowest BCUT2D eigenvalue weighted by molar-refractivity contribution is 0.250. The van der Waals surface area contributed by atoms with Crippen LogP contribution in [0.1, 0.15) is 24.8 Å². The van der Waals surface area contributed by atoms with Crippen LogP contribution in [-0.2, 0) is 6.54 Å². The molecule has 0 fully saturated rings. The Morgan fingerprint density at radius 1 is 1.47 bits per heavy atom. The maximum atomic E-state index is 13.6. The topological polar surface area (TPSA) is 3.24 Å². The number of rotatable bonds is 3. The van der Waals surface area contributed by atoms with Crippen molar-refractivity contribution >= 4 is 15.9 Å². The first-order valence-corrected chi connectivity index (χ1v) is 6.77. The zero-order valence-electron chi connectivity index (χ0n) is 10.00. The predicted octanol–water partition coefficient (Wildman–Crippen LogP) is 4.13. The Morgan fingerprint density at radius 3 is 3.00 bits per heavy atom. The molecule has 1 aliphatic carbocycles. The normalized spacial score (nSPS) is 19.9. The molecular weight excluding hydrogens is 281 g/mol. The summed E-state index contributed by atoms with van der Waals surface area (Å²) in [6, 6.07) is 5.56. The van der Waals surface area contributed by atoms with Crippen molar-refractivity contribution in [3.8, 4) is 0 Å². The number of benzene rings is 1. The predicted molar refractivity (Wildman–Crippen MR) is 72.3 cm³/mol. The van der Waals surface area contributed by atoms with Gasteiger partial charge in [0, 0.05) is 22.6 Å². The molecule has 3 heteroatoms. The van der Waals surface area contributed by atoms with Crippen LogP contribution in [0, 0.1) is 5.82 Å². The second-order valence-electron chi connectivity index (χ2n) is 4.58. The van der Waals surface area contributed by atoms with Gasteiger partial charge in [0.1, 0.15) is 5.82 Å². The highest BCUT2D eigenvalue weighted by Gasteiger charge is 2.15. The van der Waals surface area contributed by atoms with Gasteiger partial charge in [0.15, 0.2) is 0 Å². The van der Waals surface area contributed by atoms with Crippen LogP contribution in [0.15, 0.2) is 34.8 Å². The van der Waals surface area contributed by atoms with Gasteiger partial charge in [-0.25, -0.2) is 4.39 Å². The Balaban J connectivity index is 2.06. The number of halogens is 2. The van der Waals surface area contributed by atoms with Crippen molar-refractivity contribution < 1.29 is 4.39 Å². The molecule has 1 aromatic rings. The minimum atomic E-state index is -0.125. The van der Waals surface area contributed by atoms with Gasteiger partial charge < -0.3 is 0 Å². The summed E-state index contributed by atoms with van der Waals surface area (Å²) in [6.45, 7) is 0.653. The first kappa shape index (κ1) is 12.8. The fraction of sp³-hybridized carbons (Fsp3) is 0.429. The van der Waals surface area contributed by atoms with E-state index in [-0.39, 0.29) is 5.82 Å². The third-order valence-corrected chi connectivity index (χ3v) is 3.72. The third-order valence-electron chi connectivity index (χ3n) is 3.22. The zero-order valence-corrected chi connectivity index (χ0v) is 11.6. The third kappa shape index (κ3) is 3.39. The van der Waals surface area contributed by atoms with Gasteiger partial charge in [-0.15, -0.1) is 0 Å². The van der Waals surface area contributed by atoms with Crippen molar-refractivity contribution in [2.75, 3.05) is 7.05 Å². The summed E-state index contributed by atoms with van der Waals surface area (Å²) < 4.78 is 14.6. The maximum absolute atomic E-state index is 13.6. The summed E-state index contributed by atoms with van der Waals surface area (Å²) in [5, 5.41) is 0. The number of hydrogen-bond acceptors (Lipinski definition) is 1. The maximum Gasteiger partial charge on any atom is 0.127 e. The average Bonchev–Trinajstić information content (AvgIpc) is 2.35. The van der Waals surface area contributed by atoms with E-state index in [1.807, 2.05) is 6.07 Å². The molecule has 0 saturated heterocycles. The molecule has 0 bridgehead atoms. The Kier molecular flexibility index (Phi) is 4.35. The Hall–Kier alpha value is -0.670. The van der Waals surface area contributed by atoms with E-state index in [2.05, 4.69) is 40.0 Å². The fourth-order valence-corrected chi connectivity index (χ4v) is 2.62. The summed E-state index contributed by atoms with van der Waals surface area (Å²) in [5.41, 5.74) is 0.751. The highest BCUT2D eigenvalue weighted by Crippen LogP contribution is 2.20. The van der Waals surface area contributed by atoms with E-state index in [0.717, 1.165) is 10.0 Å². The molecule has 92 valence electrons. The highest BCUT2D eigenvalue weighted by molar-refractivity contribution is 9.10. The second kappa shape index (κ2) is 5.78. The smallest absolute Gasteiger partial charge is 0.127 e.